The van der Waals surface area contributed by atoms with E-state index in [9.17, 15) is 0 Å². The van der Waals surface area contributed by atoms with Crippen LogP contribution >= 0.6 is 0 Å². The summed E-state index contributed by atoms with van der Waals surface area (Å²) in [6.45, 7) is 6.86. The van der Waals surface area contributed by atoms with Gasteiger partial charge in [-0.25, -0.2) is 0 Å². The molecule has 0 saturated carbocycles. The first-order valence-corrected chi connectivity index (χ1v) is 6.06. The highest BCUT2D eigenvalue weighted by atomic mass is 15.0. The molecule has 1 aromatic rings. The number of hydrogen-bond acceptors (Lipinski definition) is 1. The van der Waals surface area contributed by atoms with Gasteiger partial charge in [-0.05, 0) is 29.9 Å². The molecule has 2 unspecified atom stereocenters. The van der Waals surface area contributed by atoms with E-state index < -0.39 is 0 Å². The van der Waals surface area contributed by atoms with Gasteiger partial charge in [-0.3, -0.25) is 0 Å². The van der Waals surface area contributed by atoms with E-state index in [1.807, 2.05) is 0 Å². The Morgan fingerprint density at radius 1 is 1.33 bits per heavy atom. The maximum atomic E-state index is 3.76. The molecular formula is C14H21N. The van der Waals surface area contributed by atoms with E-state index in [-0.39, 0.29) is 0 Å². The first-order valence-electron chi connectivity index (χ1n) is 6.06. The standard InChI is InChI=1S/C14H21N/c1-4-12-9-11-7-5-6-8-13(11)14(15-12)10(2)3/h5-8,10,12,14-15H,4,9H2,1-3H3. The molecule has 0 amide bonds. The average molecular weight is 203 g/mol. The molecule has 0 saturated heterocycles. The van der Waals surface area contributed by atoms with Crippen LogP contribution in [0.1, 0.15) is 44.4 Å². The molecule has 0 bridgehead atoms. The first kappa shape index (κ1) is 10.7. The van der Waals surface area contributed by atoms with Gasteiger partial charge in [-0.15, -0.1) is 0 Å². The van der Waals surface area contributed by atoms with Gasteiger partial charge in [0.25, 0.3) is 0 Å². The third kappa shape index (κ3) is 2.07. The van der Waals surface area contributed by atoms with Gasteiger partial charge in [-0.1, -0.05) is 45.0 Å². The van der Waals surface area contributed by atoms with Gasteiger partial charge in [0.1, 0.15) is 0 Å². The van der Waals surface area contributed by atoms with Gasteiger partial charge >= 0.3 is 0 Å². The minimum Gasteiger partial charge on any atom is -0.307 e. The summed E-state index contributed by atoms with van der Waals surface area (Å²) in [4.78, 5) is 0. The maximum Gasteiger partial charge on any atom is 0.0348 e. The highest BCUT2D eigenvalue weighted by Gasteiger charge is 2.26. The van der Waals surface area contributed by atoms with Crippen molar-refractivity contribution in [3.63, 3.8) is 0 Å². The molecule has 82 valence electrons. The van der Waals surface area contributed by atoms with E-state index in [0.717, 1.165) is 0 Å². The molecular weight excluding hydrogens is 182 g/mol. The third-order valence-electron chi connectivity index (χ3n) is 3.43. The van der Waals surface area contributed by atoms with Crippen molar-refractivity contribution >= 4 is 0 Å². The van der Waals surface area contributed by atoms with Crippen molar-refractivity contribution in [1.29, 1.82) is 0 Å². The van der Waals surface area contributed by atoms with Crippen LogP contribution in [0.3, 0.4) is 0 Å². The lowest BCUT2D eigenvalue weighted by atomic mass is 9.84. The largest absolute Gasteiger partial charge is 0.307 e. The fraction of sp³-hybridized carbons (Fsp3) is 0.571. The second-order valence-electron chi connectivity index (χ2n) is 4.90. The van der Waals surface area contributed by atoms with E-state index in [2.05, 4.69) is 50.4 Å². The Morgan fingerprint density at radius 2 is 2.07 bits per heavy atom. The van der Waals surface area contributed by atoms with Gasteiger partial charge in [0.2, 0.25) is 0 Å². The van der Waals surface area contributed by atoms with Crippen LogP contribution in [0.25, 0.3) is 0 Å². The molecule has 1 nitrogen and oxygen atoms in total. The minimum absolute atomic E-state index is 0.542. The van der Waals surface area contributed by atoms with E-state index in [4.69, 9.17) is 0 Å². The second-order valence-corrected chi connectivity index (χ2v) is 4.90. The number of nitrogens with one attached hydrogen (secondary N) is 1. The van der Waals surface area contributed by atoms with Crippen molar-refractivity contribution in [3.05, 3.63) is 35.4 Å². The zero-order chi connectivity index (χ0) is 10.8. The van der Waals surface area contributed by atoms with Crippen LogP contribution in [0.4, 0.5) is 0 Å². The van der Waals surface area contributed by atoms with Gasteiger partial charge in [0.15, 0.2) is 0 Å². The fourth-order valence-electron chi connectivity index (χ4n) is 2.51. The Kier molecular flexibility index (Phi) is 3.11. The van der Waals surface area contributed by atoms with Gasteiger partial charge < -0.3 is 5.32 Å². The van der Waals surface area contributed by atoms with Crippen LogP contribution in [0.2, 0.25) is 0 Å². The molecule has 1 N–H and O–H groups in total. The fourth-order valence-corrected chi connectivity index (χ4v) is 2.51. The Hall–Kier alpha value is -0.820. The highest BCUT2D eigenvalue weighted by molar-refractivity contribution is 5.33. The summed E-state index contributed by atoms with van der Waals surface area (Å²) < 4.78 is 0. The third-order valence-corrected chi connectivity index (χ3v) is 3.43. The van der Waals surface area contributed by atoms with E-state index in [1.54, 1.807) is 5.56 Å². The normalized spacial score (nSPS) is 25.3. The van der Waals surface area contributed by atoms with Crippen molar-refractivity contribution in [2.45, 2.75) is 45.7 Å². The summed E-state index contributed by atoms with van der Waals surface area (Å²) in [6, 6.07) is 10.1. The van der Waals surface area contributed by atoms with Crippen LogP contribution in [-0.2, 0) is 6.42 Å². The van der Waals surface area contributed by atoms with Crippen molar-refractivity contribution in [2.75, 3.05) is 0 Å². The molecule has 0 spiro atoms. The first-order chi connectivity index (χ1) is 7.22. The molecule has 0 radical (unpaired) electrons. The van der Waals surface area contributed by atoms with Crippen molar-refractivity contribution in [2.24, 2.45) is 5.92 Å². The van der Waals surface area contributed by atoms with Gasteiger partial charge in [0, 0.05) is 12.1 Å². The second kappa shape index (κ2) is 4.36. The van der Waals surface area contributed by atoms with E-state index in [1.165, 1.54) is 18.4 Å². The number of benzene rings is 1. The molecule has 0 fully saturated rings. The van der Waals surface area contributed by atoms with Crippen LogP contribution in [0, 0.1) is 5.92 Å². The van der Waals surface area contributed by atoms with Crippen molar-refractivity contribution in [1.82, 2.24) is 5.32 Å². The topological polar surface area (TPSA) is 12.0 Å². The number of fused-ring (bicyclic) bond motifs is 1. The Labute approximate surface area is 92.9 Å². The lowest BCUT2D eigenvalue weighted by Crippen LogP contribution is -2.41. The quantitative estimate of drug-likeness (QED) is 0.777. The van der Waals surface area contributed by atoms with Crippen LogP contribution in [0.5, 0.6) is 0 Å². The van der Waals surface area contributed by atoms with Crippen LogP contribution < -0.4 is 5.32 Å². The molecule has 15 heavy (non-hydrogen) atoms. The monoisotopic (exact) mass is 203 g/mol. The molecule has 0 aliphatic carbocycles. The summed E-state index contributed by atoms with van der Waals surface area (Å²) in [5.74, 6) is 0.667. The Morgan fingerprint density at radius 3 is 2.73 bits per heavy atom. The molecule has 0 aromatic heterocycles. The Balaban J connectivity index is 2.34. The minimum atomic E-state index is 0.542. The van der Waals surface area contributed by atoms with Crippen LogP contribution in [-0.4, -0.2) is 6.04 Å². The average Bonchev–Trinajstić information content (AvgIpc) is 2.27. The lowest BCUT2D eigenvalue weighted by molar-refractivity contribution is 0.328. The molecule has 1 heterocycles. The number of hydrogen-bond donors (Lipinski definition) is 1. The van der Waals surface area contributed by atoms with Crippen LogP contribution in [0.15, 0.2) is 24.3 Å². The van der Waals surface area contributed by atoms with Crippen molar-refractivity contribution < 1.29 is 0 Å². The predicted molar refractivity (Wildman–Crippen MR) is 64.9 cm³/mol. The zero-order valence-electron chi connectivity index (χ0n) is 9.96. The highest BCUT2D eigenvalue weighted by Crippen LogP contribution is 2.30. The summed E-state index contributed by atoms with van der Waals surface area (Å²) in [5.41, 5.74) is 3.05. The summed E-state index contributed by atoms with van der Waals surface area (Å²) in [5, 5.41) is 3.76. The molecule has 2 atom stereocenters. The molecule has 1 aliphatic heterocycles. The summed E-state index contributed by atoms with van der Waals surface area (Å²) in [6.07, 6.45) is 2.41. The van der Waals surface area contributed by atoms with E-state index in [0.29, 0.717) is 18.0 Å². The maximum absolute atomic E-state index is 3.76. The smallest absolute Gasteiger partial charge is 0.0348 e. The zero-order valence-corrected chi connectivity index (χ0v) is 9.96. The van der Waals surface area contributed by atoms with Gasteiger partial charge in [0.05, 0.1) is 0 Å². The van der Waals surface area contributed by atoms with Gasteiger partial charge in [-0.2, -0.15) is 0 Å². The van der Waals surface area contributed by atoms with Crippen molar-refractivity contribution in [3.8, 4) is 0 Å². The molecule has 1 aliphatic rings. The SMILES string of the molecule is CCC1Cc2ccccc2C(C(C)C)N1. The molecule has 2 rings (SSSR count). The predicted octanol–water partition coefficient (Wildman–Crippen LogP) is 3.31. The van der Waals surface area contributed by atoms with E-state index >= 15 is 0 Å². The summed E-state index contributed by atoms with van der Waals surface area (Å²) >= 11 is 0. The number of rotatable bonds is 2. The summed E-state index contributed by atoms with van der Waals surface area (Å²) in [7, 11) is 0. The Bertz CT molecular complexity index is 330. The molecule has 1 heteroatoms. The lowest BCUT2D eigenvalue weighted by Gasteiger charge is -2.35. The molecule has 1 aromatic carbocycles.